The van der Waals surface area contributed by atoms with E-state index in [1.807, 2.05) is 5.32 Å². The van der Waals surface area contributed by atoms with Gasteiger partial charge in [-0.2, -0.15) is 13.5 Å². The van der Waals surface area contributed by atoms with Gasteiger partial charge >= 0.3 is 59.1 Å². The minimum absolute atomic E-state index is 0. The maximum absolute atomic E-state index is 14.5. The first-order valence-corrected chi connectivity index (χ1v) is 47.4. The Bertz CT molecular complexity index is 5300. The van der Waals surface area contributed by atoms with Crippen molar-refractivity contribution in [1.29, 1.82) is 0 Å². The first-order valence-electron chi connectivity index (χ1n) is 35.6. The third-order valence-electron chi connectivity index (χ3n) is 17.2. The first-order chi connectivity index (χ1) is 56.7. The number of nitrogens with two attached hydrogens (primary N) is 1. The highest BCUT2D eigenvalue weighted by Gasteiger charge is 2.68. The number of likely N-dealkylation sites (tertiary alicyclic amines) is 3. The summed E-state index contributed by atoms with van der Waals surface area (Å²) < 4.78 is 320. The minimum Gasteiger partial charge on any atom is -0.480 e. The van der Waals surface area contributed by atoms with E-state index in [0.717, 1.165) is 65.5 Å². The van der Waals surface area contributed by atoms with E-state index in [2.05, 4.69) is 70.7 Å². The summed E-state index contributed by atoms with van der Waals surface area (Å²) in [6.45, 7) is 11.3. The number of hydrogen-bond acceptors (Lipinski definition) is 18. The molecule has 4 aliphatic rings. The van der Waals surface area contributed by atoms with Crippen LogP contribution in [0.25, 0.3) is 22.0 Å². The number of aliphatic carboxylic acids is 1. The SMILES string of the molecule is C.CC(=O)c1cn(CC(=O)N2C[C@H](F)C[C@H]2C(=O)Nc2cccc(S(F)(F)(F)(F)F)c2)c2ccc(-c3cnc(C)nc3)cc12.CC(C)(C)OC(=O)N1C[C@H](F)C[C@H]1C(=O)Nc1cccc(S(F)(F)(F)(F)F)c1.CC(C)(C)OC(=O)N1C[C@H](F)C[C@H]1C(=O)O.Nc1cccc(S(F)(F)(F)(F)F)c1.O=C(Nc1cccc(S(F)(F)(F)(F)F)c1)[C@@H]1C[C@@H](F)CN1.S.S=S.S=S=S. The molecule has 0 aliphatic carbocycles. The number of aromatic nitrogens is 3. The number of nitrogen functional groups attached to an aromatic ring is 1. The number of Topliss-reactive ketones (excluding diaryl/α,β-unsaturated/α-hetero) is 1. The molecule has 7 N–H and O–H groups in total. The topological polar surface area (TPSA) is 290 Å². The van der Waals surface area contributed by atoms with Crippen LogP contribution in [0.2, 0.25) is 0 Å². The Balaban J connectivity index is 0.000000432. The molecule has 22 nitrogen and oxygen atoms in total. The normalized spacial score (nSPS) is 20.7. The van der Waals surface area contributed by atoms with Crippen molar-refractivity contribution in [3.8, 4) is 11.1 Å². The molecule has 128 heavy (non-hydrogen) atoms. The third kappa shape index (κ3) is 34.8. The molecule has 0 saturated carbocycles. The summed E-state index contributed by atoms with van der Waals surface area (Å²) in [5, 5.41) is 18.1. The average molecular weight is 2060 g/mol. The van der Waals surface area contributed by atoms with E-state index in [0.29, 0.717) is 46.1 Å². The quantitative estimate of drug-likeness (QED) is 0.0316. The number of fused-ring (bicyclic) bond motifs is 1. The summed E-state index contributed by atoms with van der Waals surface area (Å²) in [5.74, 6) is -4.39. The van der Waals surface area contributed by atoms with Crippen molar-refractivity contribution in [2.75, 3.05) is 47.9 Å². The van der Waals surface area contributed by atoms with Crippen LogP contribution in [0.3, 0.4) is 0 Å². The highest BCUT2D eigenvalue weighted by atomic mass is 33.1. The number of ether oxygens (including phenoxy) is 2. The largest absolute Gasteiger partial charge is 0.480 e. The molecule has 8 atom stereocenters. The Kier molecular flexibility index (Phi) is 34.2. The second-order valence-corrected chi connectivity index (χ2v) is 41.4. The molecular weight excluding hydrogens is 1970 g/mol. The van der Waals surface area contributed by atoms with Crippen LogP contribution in [0, 0.1) is 6.92 Å². The zero-order chi connectivity index (χ0) is 96.5. The molecule has 6 amide bonds. The number of ketones is 1. The molecular formula is C72H85F24N11O11S10. The Labute approximate surface area is 746 Å². The van der Waals surface area contributed by atoms with Gasteiger partial charge in [0.2, 0.25) is 23.6 Å². The maximum atomic E-state index is 14.5. The molecule has 6 heterocycles. The van der Waals surface area contributed by atoms with Gasteiger partial charge in [0.05, 0.1) is 25.7 Å². The number of alkyl halides is 4. The zero-order valence-electron chi connectivity index (χ0n) is 66.7. The van der Waals surface area contributed by atoms with E-state index >= 15 is 0 Å². The molecule has 722 valence electrons. The molecule has 4 saturated heterocycles. The highest BCUT2D eigenvalue weighted by molar-refractivity contribution is 8.46. The summed E-state index contributed by atoms with van der Waals surface area (Å²) >= 11 is 15.6. The smallest absolute Gasteiger partial charge is 0.411 e. The Morgan fingerprint density at radius 2 is 0.867 bits per heavy atom. The van der Waals surface area contributed by atoms with E-state index < -0.39 is 205 Å². The molecule has 0 radical (unpaired) electrons. The van der Waals surface area contributed by atoms with Crippen LogP contribution in [-0.2, 0) is 93.6 Å². The molecule has 56 heteroatoms. The Morgan fingerprint density at radius 1 is 0.516 bits per heavy atom. The Hall–Kier alpha value is -8.79. The second-order valence-electron chi connectivity index (χ2n) is 30.0. The molecule has 2 aromatic heterocycles. The van der Waals surface area contributed by atoms with Crippen LogP contribution in [0.4, 0.5) is 128 Å². The number of hydrogen-bond donors (Lipinski definition) is 6. The van der Waals surface area contributed by atoms with E-state index in [9.17, 15) is 134 Å². The fourth-order valence-corrected chi connectivity index (χ4v) is 14.6. The van der Waals surface area contributed by atoms with Gasteiger partial charge in [0.15, 0.2) is 5.78 Å². The number of nitrogens with one attached hydrogen (secondary N) is 4. The van der Waals surface area contributed by atoms with Crippen LogP contribution < -0.4 is 27.0 Å². The maximum Gasteiger partial charge on any atom is 0.411 e. The van der Waals surface area contributed by atoms with Crippen LogP contribution >= 0.6 is 54.4 Å². The molecule has 4 fully saturated rings. The Morgan fingerprint density at radius 3 is 1.21 bits per heavy atom. The van der Waals surface area contributed by atoms with Gasteiger partial charge in [-0.15, -0.1) is 0 Å². The summed E-state index contributed by atoms with van der Waals surface area (Å²) in [4.78, 5) is 100. The van der Waals surface area contributed by atoms with Crippen molar-refractivity contribution in [1.82, 2.24) is 34.6 Å². The van der Waals surface area contributed by atoms with Crippen LogP contribution in [0.5, 0.6) is 0 Å². The van der Waals surface area contributed by atoms with Crippen LogP contribution in [-0.4, -0.2) is 168 Å². The fourth-order valence-electron chi connectivity index (χ4n) is 11.8. The predicted molar refractivity (Wildman–Crippen MR) is 460 cm³/mol. The number of carbonyl (C=O) groups excluding carboxylic acids is 7. The van der Waals surface area contributed by atoms with Gasteiger partial charge in [-0.05, 0) is 146 Å². The number of benzene rings is 5. The van der Waals surface area contributed by atoms with Crippen LogP contribution in [0.1, 0.15) is 97.8 Å². The fraction of sp³-hybridized carbons (Fsp3) is 0.389. The molecule has 7 aromatic rings. The van der Waals surface area contributed by atoms with E-state index in [1.54, 1.807) is 79.1 Å². The summed E-state index contributed by atoms with van der Waals surface area (Å²) in [7, 11) is -38.4. The van der Waals surface area contributed by atoms with E-state index in [1.165, 1.54) is 17.7 Å². The lowest BCUT2D eigenvalue weighted by atomic mass is 10.0. The number of amides is 6. The van der Waals surface area contributed by atoms with Gasteiger partial charge in [0.1, 0.15) is 86.0 Å². The van der Waals surface area contributed by atoms with Crippen molar-refractivity contribution in [3.05, 3.63) is 145 Å². The molecule has 5 aromatic carbocycles. The minimum atomic E-state index is -10.0. The molecule has 0 bridgehead atoms. The highest BCUT2D eigenvalue weighted by Crippen LogP contribution is 3.04. The van der Waals surface area contributed by atoms with Gasteiger partial charge in [0, 0.05) is 149 Å². The standard InChI is InChI=1S/C28H25F6N5O3S.C16H20F6N2O3S.C11H12F6N2OS.C10H16FNO4.C6H6F5NS.CH4.S3.S2.H2S/c1-16(40)24-14-38(25-7-6-18(8-23(24)25)19-11-35-17(2)36-12-19)15-27(41)39-13-20(29)9-26(39)28(42)37-21-4-3-5-22(10-21)43(30,31,32,33)34;1-16(2,3)27-15(26)24-9-10(17)7-13(24)14(25)23-11-5-4-6-12(8-11)28(18,19,20,21)22;12-7-4-10(18-6-7)11(20)19-8-2-1-3-9(5-8)21(13,14,15,16)17;1-10(2,3)16-9(15)12-5-6(11)4-7(12)8(13)14;7-13(8,9,10,11)6-3-1-2-5(12)4-6;;1-3-2;1-2;/h3-8,10-12,14,20,26H,9,13,15H2,1-2H3,(H,37,42);4-6,8,10,13H,7,9H2,1-3H3,(H,23,25);1-3,5,7,10,18H,4,6H2,(H,19,20);6-7H,4-5H2,1-3H3,(H,13,14);1-4H,12H2;1H4;;;1H2/t20-,26+;10-,13+;7-,10+;6-,7+;;;;;/m1111...../s1. The summed E-state index contributed by atoms with van der Waals surface area (Å²) in [6, 6.07) is 9.06. The number of nitrogens with zero attached hydrogens (tertiary/aromatic N) is 6. The number of rotatable bonds is 15. The van der Waals surface area contributed by atoms with Crippen molar-refractivity contribution >= 4 is 189 Å². The molecule has 11 rings (SSSR count). The predicted octanol–water partition coefficient (Wildman–Crippen LogP) is 22.5. The van der Waals surface area contributed by atoms with Gasteiger partial charge < -0.3 is 51.0 Å². The van der Waals surface area contributed by atoms with Gasteiger partial charge in [-0.25, -0.2) is 41.9 Å². The van der Waals surface area contributed by atoms with Gasteiger partial charge in [-0.1, -0.05) is 115 Å². The molecule has 4 aliphatic heterocycles. The summed E-state index contributed by atoms with van der Waals surface area (Å²) in [5.41, 5.74) is 3.70. The average Bonchev–Trinajstić information content (AvgIpc) is 1.42. The lowest BCUT2D eigenvalue weighted by Crippen LogP contribution is -2.45. The van der Waals surface area contributed by atoms with Crippen molar-refractivity contribution in [2.24, 2.45) is 0 Å². The number of halogens is 24. The third-order valence-corrected chi connectivity index (χ3v) is 21.8. The van der Waals surface area contributed by atoms with E-state index in [4.69, 9.17) is 20.3 Å². The lowest BCUT2D eigenvalue weighted by molar-refractivity contribution is -0.142. The number of aryl methyl sites for hydroxylation is 1. The second kappa shape index (κ2) is 38.6. The van der Waals surface area contributed by atoms with E-state index in [-0.39, 0.29) is 107 Å². The van der Waals surface area contributed by atoms with Crippen LogP contribution in [0.15, 0.2) is 153 Å². The van der Waals surface area contributed by atoms with Crippen molar-refractivity contribution < 1.29 is 148 Å². The number of carbonyl (C=O) groups is 8. The molecule has 0 unspecified atom stereocenters. The van der Waals surface area contributed by atoms with Crippen molar-refractivity contribution in [3.63, 3.8) is 0 Å². The summed E-state index contributed by atoms with van der Waals surface area (Å²) in [6.07, 6.45) is -3.79. The zero-order valence-corrected chi connectivity index (χ0v) is 75.1. The number of anilines is 4. The first kappa shape index (κ1) is 113. The van der Waals surface area contributed by atoms with Gasteiger partial charge in [-0.3, -0.25) is 33.8 Å². The lowest BCUT2D eigenvalue weighted by Gasteiger charge is -2.40. The molecule has 0 spiro atoms. The number of carboxylic acids is 1. The number of carboxylic acid groups (broad SMARTS) is 1. The van der Waals surface area contributed by atoms with Crippen molar-refractivity contribution in [2.45, 2.75) is 175 Å². The van der Waals surface area contributed by atoms with Gasteiger partial charge in [0.25, 0.3) is 0 Å². The monoisotopic (exact) mass is 2060 g/mol.